The van der Waals surface area contributed by atoms with Crippen molar-refractivity contribution in [1.82, 2.24) is 19.8 Å². The van der Waals surface area contributed by atoms with E-state index in [1.807, 2.05) is 47.1 Å². The maximum absolute atomic E-state index is 13.3. The number of fused-ring (bicyclic) bond motifs is 1. The Labute approximate surface area is 195 Å². The van der Waals surface area contributed by atoms with E-state index >= 15 is 0 Å². The van der Waals surface area contributed by atoms with E-state index in [4.69, 9.17) is 0 Å². The minimum atomic E-state index is 0.0960. The zero-order valence-corrected chi connectivity index (χ0v) is 19.6. The number of H-pyrrole nitrogens is 1. The Kier molecular flexibility index (Phi) is 5.92. The summed E-state index contributed by atoms with van der Waals surface area (Å²) in [6.07, 6.45) is 6.90. The fourth-order valence-electron chi connectivity index (χ4n) is 5.32. The van der Waals surface area contributed by atoms with Gasteiger partial charge in [-0.05, 0) is 75.8 Å². The highest BCUT2D eigenvalue weighted by molar-refractivity contribution is 6.08. The van der Waals surface area contributed by atoms with Crippen molar-refractivity contribution in [3.05, 3.63) is 64.6 Å². The smallest absolute Gasteiger partial charge is 0.255 e. The van der Waals surface area contributed by atoms with Gasteiger partial charge in [0.1, 0.15) is 0 Å². The van der Waals surface area contributed by atoms with Gasteiger partial charge in [-0.25, -0.2) is 0 Å². The summed E-state index contributed by atoms with van der Waals surface area (Å²) < 4.78 is 0. The number of carbonyl (C=O) groups is 2. The molecule has 0 radical (unpaired) electrons. The summed E-state index contributed by atoms with van der Waals surface area (Å²) in [5.74, 6) is 0.524. The van der Waals surface area contributed by atoms with E-state index in [0.717, 1.165) is 85.3 Å². The van der Waals surface area contributed by atoms with E-state index in [-0.39, 0.29) is 11.8 Å². The van der Waals surface area contributed by atoms with Crippen molar-refractivity contribution < 1.29 is 9.59 Å². The van der Waals surface area contributed by atoms with Gasteiger partial charge in [0, 0.05) is 66.1 Å². The Bertz CT molecular complexity index is 1170. The lowest BCUT2D eigenvalue weighted by atomic mass is 9.92. The van der Waals surface area contributed by atoms with Gasteiger partial charge in [-0.15, -0.1) is 0 Å². The predicted octanol–water partition coefficient (Wildman–Crippen LogP) is 4.83. The van der Waals surface area contributed by atoms with Gasteiger partial charge in [0.05, 0.1) is 5.56 Å². The van der Waals surface area contributed by atoms with Crippen LogP contribution in [0.1, 0.15) is 75.7 Å². The van der Waals surface area contributed by atoms with Crippen LogP contribution in [0.15, 0.2) is 36.5 Å². The molecule has 6 nitrogen and oxygen atoms in total. The SMILES string of the molecule is Cc1[nH]c2cccc(C(=O)N3CCC(c4ccc(C(=O)N5CCCCC5)cn4)CC3)c2c1C. The van der Waals surface area contributed by atoms with Crippen LogP contribution in [0.2, 0.25) is 0 Å². The van der Waals surface area contributed by atoms with Crippen molar-refractivity contribution >= 4 is 22.7 Å². The number of likely N-dealkylation sites (tertiary alicyclic amines) is 2. The maximum Gasteiger partial charge on any atom is 0.255 e. The molecule has 0 aliphatic carbocycles. The van der Waals surface area contributed by atoms with Gasteiger partial charge in [0.15, 0.2) is 0 Å². The van der Waals surface area contributed by atoms with E-state index in [1.165, 1.54) is 6.42 Å². The highest BCUT2D eigenvalue weighted by Gasteiger charge is 2.27. The Balaban J connectivity index is 1.24. The number of nitrogens with one attached hydrogen (secondary N) is 1. The van der Waals surface area contributed by atoms with Crippen molar-refractivity contribution in [3.8, 4) is 0 Å². The molecule has 2 fully saturated rings. The number of aromatic amines is 1. The zero-order chi connectivity index (χ0) is 22.9. The van der Waals surface area contributed by atoms with Gasteiger partial charge >= 0.3 is 0 Å². The molecule has 1 aromatic carbocycles. The third-order valence-corrected chi connectivity index (χ3v) is 7.43. The highest BCUT2D eigenvalue weighted by atomic mass is 16.2. The van der Waals surface area contributed by atoms with Crippen LogP contribution < -0.4 is 0 Å². The second-order valence-electron chi connectivity index (χ2n) is 9.49. The standard InChI is InChI=1S/C27H32N4O2/c1-18-19(2)29-24-8-6-7-22(25(18)24)27(33)31-15-11-20(12-16-31)23-10-9-21(17-28-23)26(32)30-13-4-3-5-14-30/h6-10,17,20,29H,3-5,11-16H2,1-2H3. The Morgan fingerprint density at radius 2 is 1.64 bits per heavy atom. The molecule has 0 bridgehead atoms. The van der Waals surface area contributed by atoms with Gasteiger partial charge in [-0.2, -0.15) is 0 Å². The van der Waals surface area contributed by atoms with Crippen LogP contribution in [0.4, 0.5) is 0 Å². The normalized spacial score (nSPS) is 17.5. The second-order valence-corrected chi connectivity index (χ2v) is 9.49. The lowest BCUT2D eigenvalue weighted by Gasteiger charge is -2.32. The molecule has 2 aliphatic heterocycles. The molecular formula is C27H32N4O2. The van der Waals surface area contributed by atoms with Crippen molar-refractivity contribution in [2.45, 2.75) is 51.9 Å². The summed E-state index contributed by atoms with van der Waals surface area (Å²) in [5.41, 5.74) is 5.76. The van der Waals surface area contributed by atoms with E-state index in [0.29, 0.717) is 11.5 Å². The van der Waals surface area contributed by atoms with Crippen LogP contribution >= 0.6 is 0 Å². The predicted molar refractivity (Wildman–Crippen MR) is 130 cm³/mol. The summed E-state index contributed by atoms with van der Waals surface area (Å²) in [6, 6.07) is 9.86. The third kappa shape index (κ3) is 4.14. The lowest BCUT2D eigenvalue weighted by Crippen LogP contribution is -2.38. The number of benzene rings is 1. The number of hydrogen-bond donors (Lipinski definition) is 1. The first kappa shape index (κ1) is 21.7. The minimum Gasteiger partial charge on any atom is -0.358 e. The summed E-state index contributed by atoms with van der Waals surface area (Å²) in [5, 5.41) is 1.04. The quantitative estimate of drug-likeness (QED) is 0.629. The molecule has 0 saturated carbocycles. The topological polar surface area (TPSA) is 69.3 Å². The van der Waals surface area contributed by atoms with Crippen molar-refractivity contribution in [1.29, 1.82) is 0 Å². The molecule has 6 heteroatoms. The molecule has 2 saturated heterocycles. The number of aromatic nitrogens is 2. The van der Waals surface area contributed by atoms with Gasteiger partial charge in [-0.3, -0.25) is 14.6 Å². The van der Waals surface area contributed by atoms with E-state index in [1.54, 1.807) is 6.20 Å². The van der Waals surface area contributed by atoms with Crippen LogP contribution in [-0.4, -0.2) is 57.8 Å². The van der Waals surface area contributed by atoms with Gasteiger partial charge in [0.25, 0.3) is 11.8 Å². The van der Waals surface area contributed by atoms with Crippen LogP contribution in [0.3, 0.4) is 0 Å². The molecule has 0 spiro atoms. The molecule has 0 atom stereocenters. The first-order valence-corrected chi connectivity index (χ1v) is 12.2. The fraction of sp³-hybridized carbons (Fsp3) is 0.444. The molecule has 33 heavy (non-hydrogen) atoms. The number of rotatable bonds is 3. The van der Waals surface area contributed by atoms with Crippen molar-refractivity contribution in [3.63, 3.8) is 0 Å². The number of nitrogens with zero attached hydrogens (tertiary/aromatic N) is 3. The lowest BCUT2D eigenvalue weighted by molar-refractivity contribution is 0.0708. The molecule has 4 heterocycles. The van der Waals surface area contributed by atoms with Crippen LogP contribution in [0.5, 0.6) is 0 Å². The first-order valence-electron chi connectivity index (χ1n) is 12.2. The Hall–Kier alpha value is -3.15. The number of hydrogen-bond acceptors (Lipinski definition) is 3. The Morgan fingerprint density at radius 3 is 2.33 bits per heavy atom. The molecular weight excluding hydrogens is 412 g/mol. The van der Waals surface area contributed by atoms with E-state index in [9.17, 15) is 9.59 Å². The monoisotopic (exact) mass is 444 g/mol. The van der Waals surface area contributed by atoms with Gasteiger partial charge in [-0.1, -0.05) is 6.07 Å². The number of aryl methyl sites for hydroxylation is 2. The Morgan fingerprint density at radius 1 is 0.909 bits per heavy atom. The minimum absolute atomic E-state index is 0.0960. The third-order valence-electron chi connectivity index (χ3n) is 7.43. The molecule has 5 rings (SSSR count). The average molecular weight is 445 g/mol. The van der Waals surface area contributed by atoms with Gasteiger partial charge in [0.2, 0.25) is 0 Å². The van der Waals surface area contributed by atoms with Crippen molar-refractivity contribution in [2.75, 3.05) is 26.2 Å². The molecule has 2 aromatic heterocycles. The van der Waals surface area contributed by atoms with Crippen molar-refractivity contribution in [2.24, 2.45) is 0 Å². The second kappa shape index (κ2) is 9.00. The number of pyridine rings is 1. The summed E-state index contributed by atoms with van der Waals surface area (Å²) >= 11 is 0. The molecule has 3 aromatic rings. The molecule has 2 aliphatic rings. The van der Waals surface area contributed by atoms with Crippen LogP contribution in [0, 0.1) is 13.8 Å². The number of piperidine rings is 2. The number of amides is 2. The van der Waals surface area contributed by atoms with E-state index in [2.05, 4.69) is 16.9 Å². The maximum atomic E-state index is 13.3. The molecule has 2 amide bonds. The van der Waals surface area contributed by atoms with Crippen LogP contribution in [0.25, 0.3) is 10.9 Å². The summed E-state index contributed by atoms with van der Waals surface area (Å²) in [7, 11) is 0. The van der Waals surface area contributed by atoms with Gasteiger partial charge < -0.3 is 14.8 Å². The average Bonchev–Trinajstić information content (AvgIpc) is 3.17. The highest BCUT2D eigenvalue weighted by Crippen LogP contribution is 2.30. The largest absolute Gasteiger partial charge is 0.358 e. The summed E-state index contributed by atoms with van der Waals surface area (Å²) in [6.45, 7) is 7.26. The fourth-order valence-corrected chi connectivity index (χ4v) is 5.32. The van der Waals surface area contributed by atoms with Crippen LogP contribution in [-0.2, 0) is 0 Å². The molecule has 172 valence electrons. The molecule has 1 N–H and O–H groups in total. The van der Waals surface area contributed by atoms with E-state index < -0.39 is 0 Å². The first-order chi connectivity index (χ1) is 16.0. The zero-order valence-electron chi connectivity index (χ0n) is 19.6. The summed E-state index contributed by atoms with van der Waals surface area (Å²) in [4.78, 5) is 38.0. The molecule has 0 unspecified atom stereocenters. The number of carbonyl (C=O) groups excluding carboxylic acids is 2.